The van der Waals surface area contributed by atoms with Crippen LogP contribution in [0, 0.1) is 0 Å². The Balaban J connectivity index is 1.68. The number of hydrogen-bond donors (Lipinski definition) is 1. The second-order valence-corrected chi connectivity index (χ2v) is 6.05. The molecule has 0 unspecified atom stereocenters. The molecule has 0 aliphatic rings. The Kier molecular flexibility index (Phi) is 4.02. The van der Waals surface area contributed by atoms with Crippen molar-refractivity contribution in [3.63, 3.8) is 0 Å². The van der Waals surface area contributed by atoms with Crippen LogP contribution in [0.5, 0.6) is 0 Å². The van der Waals surface area contributed by atoms with E-state index in [1.54, 1.807) is 24.5 Å². The first-order valence-corrected chi connectivity index (χ1v) is 7.40. The van der Waals surface area contributed by atoms with E-state index in [0.29, 0.717) is 11.5 Å². The summed E-state index contributed by atoms with van der Waals surface area (Å²) < 4.78 is 10.4. The quantitative estimate of drug-likeness (QED) is 0.780. The van der Waals surface area contributed by atoms with Crippen molar-refractivity contribution < 1.29 is 13.7 Å². The predicted octanol–water partition coefficient (Wildman–Crippen LogP) is 3.69. The number of hydrogen-bond acceptors (Lipinski definition) is 4. The monoisotopic (exact) mass is 310 g/mol. The number of carbonyl (C=O) groups is 1. The molecule has 0 bridgehead atoms. The number of benzene rings is 1. The summed E-state index contributed by atoms with van der Waals surface area (Å²) in [5, 5.41) is 6.80. The zero-order valence-electron chi connectivity index (χ0n) is 13.1. The lowest BCUT2D eigenvalue weighted by molar-refractivity contribution is 0.0904. The van der Waals surface area contributed by atoms with E-state index < -0.39 is 5.54 Å². The molecule has 0 spiro atoms. The van der Waals surface area contributed by atoms with Gasteiger partial charge in [-0.3, -0.25) is 4.79 Å². The van der Waals surface area contributed by atoms with Crippen molar-refractivity contribution in [1.29, 1.82) is 0 Å². The fraction of sp³-hybridized carbons (Fsp3) is 0.222. The molecule has 1 amide bonds. The van der Waals surface area contributed by atoms with Gasteiger partial charge in [-0.05, 0) is 38.0 Å². The average molecular weight is 310 g/mol. The summed E-state index contributed by atoms with van der Waals surface area (Å²) in [5.41, 5.74) is 0.995. The first-order valence-electron chi connectivity index (χ1n) is 7.40. The highest BCUT2D eigenvalue weighted by atomic mass is 16.5. The van der Waals surface area contributed by atoms with Gasteiger partial charge in [0.25, 0.3) is 5.91 Å². The van der Waals surface area contributed by atoms with Crippen LogP contribution in [0.2, 0.25) is 0 Å². The Bertz CT molecular complexity index is 774. The maximum absolute atomic E-state index is 12.4. The molecule has 2 aromatic heterocycles. The molecule has 0 atom stereocenters. The van der Waals surface area contributed by atoms with Crippen molar-refractivity contribution in [2.45, 2.75) is 25.8 Å². The average Bonchev–Trinajstić information content (AvgIpc) is 3.18. The Morgan fingerprint density at radius 3 is 2.61 bits per heavy atom. The van der Waals surface area contributed by atoms with Gasteiger partial charge in [0, 0.05) is 11.6 Å². The fourth-order valence-corrected chi connectivity index (χ4v) is 2.44. The van der Waals surface area contributed by atoms with Crippen LogP contribution in [-0.2, 0) is 6.42 Å². The number of furan rings is 1. The van der Waals surface area contributed by atoms with Gasteiger partial charge in [0.15, 0.2) is 11.5 Å². The lowest BCUT2D eigenvalue weighted by atomic mass is 9.95. The number of nitrogens with one attached hydrogen (secondary N) is 1. The summed E-state index contributed by atoms with van der Waals surface area (Å²) in [6.07, 6.45) is 2.27. The van der Waals surface area contributed by atoms with Crippen LogP contribution in [0.15, 0.2) is 63.7 Å². The van der Waals surface area contributed by atoms with Gasteiger partial charge in [0.05, 0.1) is 6.26 Å². The van der Waals surface area contributed by atoms with Crippen molar-refractivity contribution in [2.75, 3.05) is 0 Å². The van der Waals surface area contributed by atoms with Crippen LogP contribution in [0.1, 0.15) is 29.9 Å². The van der Waals surface area contributed by atoms with Crippen molar-refractivity contribution in [1.82, 2.24) is 10.5 Å². The molecule has 118 valence electrons. The third-order valence-corrected chi connectivity index (χ3v) is 3.45. The number of amides is 1. The molecule has 1 N–H and O–H groups in total. The van der Waals surface area contributed by atoms with Gasteiger partial charge < -0.3 is 14.3 Å². The van der Waals surface area contributed by atoms with Gasteiger partial charge in [-0.25, -0.2) is 0 Å². The molecule has 1 aromatic carbocycles. The molecule has 0 aliphatic carbocycles. The predicted molar refractivity (Wildman–Crippen MR) is 85.9 cm³/mol. The first-order chi connectivity index (χ1) is 11.0. The minimum atomic E-state index is -0.401. The molecular weight excluding hydrogens is 292 g/mol. The summed E-state index contributed by atoms with van der Waals surface area (Å²) >= 11 is 0. The SMILES string of the molecule is CC(C)(Cc1ccccc1)NC(=O)c1cc(-c2ccco2)on1. The van der Waals surface area contributed by atoms with Crippen molar-refractivity contribution >= 4 is 5.91 Å². The topological polar surface area (TPSA) is 68.3 Å². The van der Waals surface area contributed by atoms with Gasteiger partial charge >= 0.3 is 0 Å². The maximum atomic E-state index is 12.4. The summed E-state index contributed by atoms with van der Waals surface area (Å²) in [6, 6.07) is 15.1. The summed E-state index contributed by atoms with van der Waals surface area (Å²) in [7, 11) is 0. The number of carbonyl (C=O) groups excluding carboxylic acids is 1. The van der Waals surface area contributed by atoms with Crippen LogP contribution in [0.4, 0.5) is 0 Å². The van der Waals surface area contributed by atoms with Crippen LogP contribution in [0.3, 0.4) is 0 Å². The summed E-state index contributed by atoms with van der Waals surface area (Å²) in [6.45, 7) is 3.96. The van der Waals surface area contributed by atoms with Gasteiger partial charge in [-0.15, -0.1) is 0 Å². The molecule has 5 nitrogen and oxygen atoms in total. The van der Waals surface area contributed by atoms with E-state index in [9.17, 15) is 4.79 Å². The third-order valence-electron chi connectivity index (χ3n) is 3.45. The largest absolute Gasteiger partial charge is 0.461 e. The Labute approximate surface area is 134 Å². The highest BCUT2D eigenvalue weighted by molar-refractivity contribution is 5.93. The van der Waals surface area contributed by atoms with E-state index in [1.807, 2.05) is 44.2 Å². The van der Waals surface area contributed by atoms with Gasteiger partial charge in [-0.1, -0.05) is 35.5 Å². The zero-order valence-corrected chi connectivity index (χ0v) is 13.1. The molecule has 23 heavy (non-hydrogen) atoms. The lowest BCUT2D eigenvalue weighted by Crippen LogP contribution is -2.45. The van der Waals surface area contributed by atoms with E-state index in [1.165, 1.54) is 0 Å². The van der Waals surface area contributed by atoms with Gasteiger partial charge in [-0.2, -0.15) is 0 Å². The van der Waals surface area contributed by atoms with E-state index in [2.05, 4.69) is 10.5 Å². The smallest absolute Gasteiger partial charge is 0.273 e. The van der Waals surface area contributed by atoms with E-state index in [-0.39, 0.29) is 11.6 Å². The summed E-state index contributed by atoms with van der Waals surface area (Å²) in [4.78, 5) is 12.4. The van der Waals surface area contributed by atoms with E-state index in [4.69, 9.17) is 8.94 Å². The summed E-state index contributed by atoms with van der Waals surface area (Å²) in [5.74, 6) is 0.702. The highest BCUT2D eigenvalue weighted by Gasteiger charge is 2.24. The second-order valence-electron chi connectivity index (χ2n) is 6.05. The normalized spacial score (nSPS) is 11.4. The zero-order chi connectivity index (χ0) is 16.3. The van der Waals surface area contributed by atoms with Crippen molar-refractivity contribution in [3.05, 3.63) is 66.1 Å². The highest BCUT2D eigenvalue weighted by Crippen LogP contribution is 2.21. The van der Waals surface area contributed by atoms with Gasteiger partial charge in [0.2, 0.25) is 5.76 Å². The Morgan fingerprint density at radius 2 is 1.91 bits per heavy atom. The molecular formula is C18H18N2O3. The van der Waals surface area contributed by atoms with E-state index in [0.717, 1.165) is 12.0 Å². The molecule has 0 radical (unpaired) electrons. The fourth-order valence-electron chi connectivity index (χ4n) is 2.44. The van der Waals surface area contributed by atoms with Crippen molar-refractivity contribution in [3.8, 4) is 11.5 Å². The maximum Gasteiger partial charge on any atom is 0.273 e. The molecule has 3 aromatic rings. The molecule has 0 fully saturated rings. The number of nitrogens with zero attached hydrogens (tertiary/aromatic N) is 1. The Hall–Kier alpha value is -2.82. The third kappa shape index (κ3) is 3.69. The minimum absolute atomic E-state index is 0.234. The van der Waals surface area contributed by atoms with Crippen LogP contribution in [0.25, 0.3) is 11.5 Å². The molecule has 0 saturated heterocycles. The number of rotatable bonds is 5. The molecule has 0 aliphatic heterocycles. The molecule has 3 rings (SSSR count). The second kappa shape index (κ2) is 6.12. The number of aromatic nitrogens is 1. The Morgan fingerprint density at radius 1 is 1.13 bits per heavy atom. The first kappa shape index (κ1) is 15.1. The standard InChI is InChI=1S/C18H18N2O3/c1-18(2,12-13-7-4-3-5-8-13)19-17(21)14-11-16(23-20-14)15-9-6-10-22-15/h3-11H,12H2,1-2H3,(H,19,21). The van der Waals surface area contributed by atoms with E-state index >= 15 is 0 Å². The van der Waals surface area contributed by atoms with Crippen molar-refractivity contribution in [2.24, 2.45) is 0 Å². The van der Waals surface area contributed by atoms with Crippen LogP contribution >= 0.6 is 0 Å². The van der Waals surface area contributed by atoms with Crippen LogP contribution in [-0.4, -0.2) is 16.6 Å². The molecule has 2 heterocycles. The minimum Gasteiger partial charge on any atom is -0.461 e. The lowest BCUT2D eigenvalue weighted by Gasteiger charge is -2.25. The molecule has 0 saturated carbocycles. The van der Waals surface area contributed by atoms with Crippen LogP contribution < -0.4 is 5.32 Å². The molecule has 5 heteroatoms. The van der Waals surface area contributed by atoms with Gasteiger partial charge in [0.1, 0.15) is 0 Å².